The number of aryl methyl sites for hydroxylation is 1. The summed E-state index contributed by atoms with van der Waals surface area (Å²) in [4.78, 5) is 14.1. The molecule has 1 atom stereocenters. The van der Waals surface area contributed by atoms with Crippen molar-refractivity contribution in [1.29, 1.82) is 0 Å². The zero-order chi connectivity index (χ0) is 27.2. The minimum atomic E-state index is -4.92. The van der Waals surface area contributed by atoms with Gasteiger partial charge < -0.3 is 9.64 Å². The summed E-state index contributed by atoms with van der Waals surface area (Å²) in [6, 6.07) is 3.29. The van der Waals surface area contributed by atoms with Crippen LogP contribution in [0.5, 0.6) is 0 Å². The number of nitrogens with zero attached hydrogens (tertiary/aromatic N) is 5. The molecule has 10 nitrogen and oxygen atoms in total. The zero-order valence-electron chi connectivity index (χ0n) is 20.7. The summed E-state index contributed by atoms with van der Waals surface area (Å²) < 4.78 is 70.2. The third-order valence-corrected chi connectivity index (χ3v) is 7.54. The molecule has 1 aliphatic rings. The van der Waals surface area contributed by atoms with Crippen LogP contribution >= 0.6 is 11.3 Å². The lowest BCUT2D eigenvalue weighted by Gasteiger charge is -2.37. The van der Waals surface area contributed by atoms with Crippen LogP contribution in [0.15, 0.2) is 22.4 Å². The number of fused-ring (bicyclic) bond motifs is 1. The highest BCUT2D eigenvalue weighted by Crippen LogP contribution is 2.40. The third kappa shape index (κ3) is 8.09. The van der Waals surface area contributed by atoms with Gasteiger partial charge in [0.05, 0.1) is 12.3 Å². The van der Waals surface area contributed by atoms with Crippen molar-refractivity contribution in [1.82, 2.24) is 10.2 Å². The smallest absolute Gasteiger partial charge is 0.404 e. The first-order valence-electron chi connectivity index (χ1n) is 11.9. The van der Waals surface area contributed by atoms with Crippen LogP contribution in [0.25, 0.3) is 0 Å². The van der Waals surface area contributed by atoms with Gasteiger partial charge in [-0.05, 0) is 50.3 Å². The van der Waals surface area contributed by atoms with E-state index in [1.807, 2.05) is 25.5 Å². The summed E-state index contributed by atoms with van der Waals surface area (Å²) in [6.07, 6.45) is -0.992. The fourth-order valence-electron chi connectivity index (χ4n) is 3.82. The van der Waals surface area contributed by atoms with Gasteiger partial charge in [-0.25, -0.2) is 13.2 Å². The molecule has 0 saturated heterocycles. The van der Waals surface area contributed by atoms with Crippen LogP contribution in [0, 0.1) is 0 Å². The largest absolute Gasteiger partial charge is 0.460 e. The Morgan fingerprint density at radius 2 is 2.00 bits per heavy atom. The molecule has 0 saturated carbocycles. The number of esters is 1. The van der Waals surface area contributed by atoms with Crippen molar-refractivity contribution in [3.05, 3.63) is 22.7 Å². The lowest BCUT2D eigenvalue weighted by Crippen LogP contribution is -2.38. The molecular formula is C22H29F3N6O4S2. The molecule has 1 unspecified atom stereocenters. The van der Waals surface area contributed by atoms with Crippen LogP contribution in [0.1, 0.15) is 61.8 Å². The average Bonchev–Trinajstić information content (AvgIpc) is 3.27. The molecule has 1 aliphatic heterocycles. The molecule has 2 heterocycles. The Kier molecular flexibility index (Phi) is 9.45. The van der Waals surface area contributed by atoms with Crippen molar-refractivity contribution in [2.45, 2.75) is 65.1 Å². The lowest BCUT2D eigenvalue weighted by molar-refractivity contribution is -0.106. The molecule has 0 aliphatic carbocycles. The highest BCUT2D eigenvalue weighted by atomic mass is 32.2. The minimum absolute atomic E-state index is 0.00509. The number of ether oxygens (including phenoxy) is 1. The van der Waals surface area contributed by atoms with Gasteiger partial charge in [0, 0.05) is 18.3 Å². The van der Waals surface area contributed by atoms with Crippen LogP contribution in [0.4, 0.5) is 35.4 Å². The number of sulfonamides is 1. The summed E-state index contributed by atoms with van der Waals surface area (Å²) in [7, 11) is -4.77. The number of aromatic nitrogens is 2. The van der Waals surface area contributed by atoms with E-state index in [0.29, 0.717) is 19.4 Å². The summed E-state index contributed by atoms with van der Waals surface area (Å²) in [5.74, 6) is -2.69. The normalized spacial score (nSPS) is 16.2. The Morgan fingerprint density at radius 1 is 1.24 bits per heavy atom. The van der Waals surface area contributed by atoms with Crippen molar-refractivity contribution in [2.75, 3.05) is 28.5 Å². The number of hydrogen-bond acceptors (Lipinski definition) is 10. The summed E-state index contributed by atoms with van der Waals surface area (Å²) in [5, 5.41) is 15.5. The summed E-state index contributed by atoms with van der Waals surface area (Å²) in [6.45, 7) is 6.95. The van der Waals surface area contributed by atoms with Gasteiger partial charge in [-0.1, -0.05) is 31.6 Å². The quantitative estimate of drug-likeness (QED) is 0.209. The first-order valence-corrected chi connectivity index (χ1v) is 14.3. The maximum Gasteiger partial charge on any atom is 0.404 e. The fraction of sp³-hybridized carbons (Fsp3) is 0.591. The number of carbonyl (C=O) groups is 1. The van der Waals surface area contributed by atoms with E-state index in [9.17, 15) is 26.4 Å². The molecule has 0 bridgehead atoms. The number of anilines is 2. The molecule has 1 aromatic heterocycles. The minimum Gasteiger partial charge on any atom is -0.460 e. The van der Waals surface area contributed by atoms with E-state index in [0.717, 1.165) is 41.9 Å². The second-order valence-corrected chi connectivity index (χ2v) is 11.3. The molecule has 37 heavy (non-hydrogen) atoms. The maximum absolute atomic E-state index is 12.9. The van der Waals surface area contributed by atoms with Gasteiger partial charge in [0.1, 0.15) is 5.69 Å². The standard InChI is InChI=1S/C22H29F3N6O4S2/c1-4-6-10-35-20(32)19-27-29-21(36-19)28-26-16-11-15-8-7-14(3)31(9-5-2)18(15)12-17(16)30-37(33,34)13-22(23,24)25/h11-12,14,30H,4-10,13H2,1-3H3. The number of carbonyl (C=O) groups excluding carboxylic acids is 1. The Morgan fingerprint density at radius 3 is 2.68 bits per heavy atom. The summed E-state index contributed by atoms with van der Waals surface area (Å²) >= 11 is 0.828. The van der Waals surface area contributed by atoms with E-state index in [-0.39, 0.29) is 34.2 Å². The van der Waals surface area contributed by atoms with Crippen molar-refractivity contribution >= 4 is 49.5 Å². The highest BCUT2D eigenvalue weighted by molar-refractivity contribution is 7.92. The molecule has 0 amide bonds. The van der Waals surface area contributed by atoms with Gasteiger partial charge in [0.15, 0.2) is 5.75 Å². The molecule has 2 aromatic rings. The predicted octanol–water partition coefficient (Wildman–Crippen LogP) is 5.77. The molecule has 204 valence electrons. The Bertz CT molecular complexity index is 1230. The van der Waals surface area contributed by atoms with Crippen LogP contribution in [-0.4, -0.2) is 55.7 Å². The SMILES string of the molecule is CCCCOC(=O)c1nnc(N=Nc2cc3c(cc2NS(=O)(=O)CC(F)(F)F)N(CCC)C(C)CC3)s1. The molecule has 1 aromatic carbocycles. The number of nitrogens with one attached hydrogen (secondary N) is 1. The second kappa shape index (κ2) is 12.2. The number of azo groups is 1. The molecule has 3 rings (SSSR count). The van der Waals surface area contributed by atoms with Gasteiger partial charge in [-0.3, -0.25) is 4.72 Å². The first kappa shape index (κ1) is 28.8. The fourth-order valence-corrected chi connectivity index (χ4v) is 5.38. The van der Waals surface area contributed by atoms with E-state index in [1.54, 1.807) is 6.07 Å². The van der Waals surface area contributed by atoms with Crippen molar-refractivity contribution < 1.29 is 31.1 Å². The van der Waals surface area contributed by atoms with Crippen molar-refractivity contribution in [3.8, 4) is 0 Å². The zero-order valence-corrected chi connectivity index (χ0v) is 22.3. The van der Waals surface area contributed by atoms with Crippen LogP contribution < -0.4 is 9.62 Å². The predicted molar refractivity (Wildman–Crippen MR) is 135 cm³/mol. The monoisotopic (exact) mass is 562 g/mol. The average molecular weight is 563 g/mol. The topological polar surface area (TPSA) is 126 Å². The molecule has 0 radical (unpaired) electrons. The number of hydrogen-bond donors (Lipinski definition) is 1. The van der Waals surface area contributed by atoms with Crippen molar-refractivity contribution in [2.24, 2.45) is 10.2 Å². The van der Waals surface area contributed by atoms with Crippen LogP contribution in [0.2, 0.25) is 0 Å². The van der Waals surface area contributed by atoms with Gasteiger partial charge in [0.2, 0.25) is 15.0 Å². The third-order valence-electron chi connectivity index (χ3n) is 5.52. The molecule has 0 fully saturated rings. The molecule has 15 heteroatoms. The van der Waals surface area contributed by atoms with Crippen LogP contribution in [0.3, 0.4) is 0 Å². The Labute approximate surface area is 217 Å². The van der Waals surface area contributed by atoms with E-state index in [4.69, 9.17) is 4.74 Å². The highest BCUT2D eigenvalue weighted by Gasteiger charge is 2.36. The summed E-state index contributed by atoms with van der Waals surface area (Å²) in [5.41, 5.74) is 1.50. The van der Waals surface area contributed by atoms with Gasteiger partial charge in [-0.15, -0.1) is 20.4 Å². The number of alkyl halides is 3. The van der Waals surface area contributed by atoms with E-state index in [1.165, 1.54) is 6.07 Å². The molecule has 0 spiro atoms. The van der Waals surface area contributed by atoms with Crippen LogP contribution in [-0.2, 0) is 21.2 Å². The maximum atomic E-state index is 12.9. The van der Waals surface area contributed by atoms with Gasteiger partial charge in [-0.2, -0.15) is 13.2 Å². The lowest BCUT2D eigenvalue weighted by atomic mass is 9.95. The van der Waals surface area contributed by atoms with Gasteiger partial charge >= 0.3 is 12.1 Å². The van der Waals surface area contributed by atoms with Gasteiger partial charge in [0.25, 0.3) is 5.13 Å². The molecule has 1 N–H and O–H groups in total. The number of rotatable bonds is 11. The first-order chi connectivity index (χ1) is 17.4. The molecular weight excluding hydrogens is 533 g/mol. The van der Waals surface area contributed by atoms with E-state index >= 15 is 0 Å². The Balaban J connectivity index is 1.94. The number of halogens is 3. The van der Waals surface area contributed by atoms with Crippen molar-refractivity contribution in [3.63, 3.8) is 0 Å². The number of benzene rings is 1. The second-order valence-electron chi connectivity index (χ2n) is 8.63. The van der Waals surface area contributed by atoms with E-state index in [2.05, 4.69) is 25.3 Å². The Hall–Kier alpha value is -2.81. The van der Waals surface area contributed by atoms with E-state index < -0.39 is 27.9 Å². The number of unbranched alkanes of at least 4 members (excludes halogenated alkanes) is 1.